The summed E-state index contributed by atoms with van der Waals surface area (Å²) in [5.41, 5.74) is 0.854. The number of benzene rings is 1. The molecule has 1 N–H and O–H groups in total. The van der Waals surface area contributed by atoms with Crippen molar-refractivity contribution < 1.29 is 9.72 Å². The predicted octanol–water partition coefficient (Wildman–Crippen LogP) is 1.67. The standard InChI is InChI=1S/C13H14N4O3/c1-10(16-9-12(8-15-16)17(19)20)13(18)14-7-11-5-3-2-4-6-11/h2-6,8-10H,7H2,1H3,(H,14,18)/t10-/m1/s1. The van der Waals surface area contributed by atoms with Gasteiger partial charge in [0.1, 0.15) is 18.4 Å². The monoisotopic (exact) mass is 274 g/mol. The lowest BCUT2D eigenvalue weighted by Gasteiger charge is -2.12. The van der Waals surface area contributed by atoms with Gasteiger partial charge in [-0.1, -0.05) is 30.3 Å². The van der Waals surface area contributed by atoms with Crippen LogP contribution in [0.5, 0.6) is 0 Å². The number of carbonyl (C=O) groups is 1. The SMILES string of the molecule is C[C@H](C(=O)NCc1ccccc1)n1cc([N+](=O)[O-])cn1. The van der Waals surface area contributed by atoms with Gasteiger partial charge < -0.3 is 5.32 Å². The van der Waals surface area contributed by atoms with E-state index in [1.165, 1.54) is 10.9 Å². The molecule has 0 aliphatic carbocycles. The zero-order valence-corrected chi connectivity index (χ0v) is 10.9. The van der Waals surface area contributed by atoms with E-state index < -0.39 is 11.0 Å². The Kier molecular flexibility index (Phi) is 4.09. The van der Waals surface area contributed by atoms with E-state index >= 15 is 0 Å². The molecule has 1 heterocycles. The number of hydrogen-bond donors (Lipinski definition) is 1. The molecule has 0 spiro atoms. The van der Waals surface area contributed by atoms with Crippen molar-refractivity contribution in [1.29, 1.82) is 0 Å². The summed E-state index contributed by atoms with van der Waals surface area (Å²) in [6, 6.07) is 8.89. The first-order chi connectivity index (χ1) is 9.58. The second kappa shape index (κ2) is 5.96. The first-order valence-electron chi connectivity index (χ1n) is 6.08. The van der Waals surface area contributed by atoms with Crippen molar-refractivity contribution in [3.8, 4) is 0 Å². The van der Waals surface area contributed by atoms with Crippen LogP contribution in [-0.4, -0.2) is 20.6 Å². The molecule has 0 radical (unpaired) electrons. The fourth-order valence-electron chi connectivity index (χ4n) is 1.69. The molecule has 2 rings (SSSR count). The number of nitro groups is 1. The second-order valence-electron chi connectivity index (χ2n) is 4.32. The van der Waals surface area contributed by atoms with Gasteiger partial charge in [0.05, 0.1) is 4.92 Å². The van der Waals surface area contributed by atoms with Crippen LogP contribution in [-0.2, 0) is 11.3 Å². The van der Waals surface area contributed by atoms with Crippen LogP contribution in [0.2, 0.25) is 0 Å². The average molecular weight is 274 g/mol. The number of hydrogen-bond acceptors (Lipinski definition) is 4. The van der Waals surface area contributed by atoms with E-state index in [1.54, 1.807) is 6.92 Å². The van der Waals surface area contributed by atoms with Gasteiger partial charge in [-0.25, -0.2) is 0 Å². The zero-order chi connectivity index (χ0) is 14.5. The molecule has 0 unspecified atom stereocenters. The maximum atomic E-state index is 12.0. The van der Waals surface area contributed by atoms with E-state index in [1.807, 2.05) is 30.3 Å². The Morgan fingerprint density at radius 3 is 2.75 bits per heavy atom. The lowest BCUT2D eigenvalue weighted by atomic mass is 10.2. The lowest BCUT2D eigenvalue weighted by Crippen LogP contribution is -2.30. The maximum Gasteiger partial charge on any atom is 0.307 e. The number of nitrogens with zero attached hydrogens (tertiary/aromatic N) is 3. The van der Waals surface area contributed by atoms with E-state index in [9.17, 15) is 14.9 Å². The van der Waals surface area contributed by atoms with Crippen LogP contribution in [0.3, 0.4) is 0 Å². The van der Waals surface area contributed by atoms with Crippen LogP contribution in [0.4, 0.5) is 5.69 Å². The number of carbonyl (C=O) groups excluding carboxylic acids is 1. The number of amides is 1. The molecule has 2 aromatic rings. The quantitative estimate of drug-likeness (QED) is 0.663. The highest BCUT2D eigenvalue weighted by atomic mass is 16.6. The van der Waals surface area contributed by atoms with Gasteiger partial charge >= 0.3 is 5.69 Å². The Balaban J connectivity index is 1.96. The minimum atomic E-state index is -0.604. The highest BCUT2D eigenvalue weighted by Gasteiger charge is 2.18. The van der Waals surface area contributed by atoms with Gasteiger partial charge in [0.2, 0.25) is 5.91 Å². The largest absolute Gasteiger partial charge is 0.350 e. The number of nitrogens with one attached hydrogen (secondary N) is 1. The van der Waals surface area contributed by atoms with E-state index in [2.05, 4.69) is 10.4 Å². The second-order valence-corrected chi connectivity index (χ2v) is 4.32. The summed E-state index contributed by atoms with van der Waals surface area (Å²) in [5.74, 6) is -0.244. The lowest BCUT2D eigenvalue weighted by molar-refractivity contribution is -0.385. The van der Waals surface area contributed by atoms with Crippen LogP contribution in [0, 0.1) is 10.1 Å². The van der Waals surface area contributed by atoms with Crippen molar-refractivity contribution in [2.75, 3.05) is 0 Å². The molecule has 0 aliphatic heterocycles. The summed E-state index contributed by atoms with van der Waals surface area (Å²) in [4.78, 5) is 22.0. The molecule has 0 aliphatic rings. The third-order valence-electron chi connectivity index (χ3n) is 2.88. The Bertz CT molecular complexity index is 609. The van der Waals surface area contributed by atoms with Gasteiger partial charge in [0.15, 0.2) is 0 Å². The molecular weight excluding hydrogens is 260 g/mol. The topological polar surface area (TPSA) is 90.1 Å². The minimum absolute atomic E-state index is 0.132. The highest BCUT2D eigenvalue weighted by molar-refractivity contribution is 5.79. The third kappa shape index (κ3) is 3.19. The molecule has 104 valence electrons. The number of rotatable bonds is 5. The van der Waals surface area contributed by atoms with Crippen molar-refractivity contribution in [2.45, 2.75) is 19.5 Å². The van der Waals surface area contributed by atoms with E-state index in [4.69, 9.17) is 0 Å². The van der Waals surface area contributed by atoms with Crippen molar-refractivity contribution in [1.82, 2.24) is 15.1 Å². The molecule has 0 fully saturated rings. The van der Waals surface area contributed by atoms with E-state index in [-0.39, 0.29) is 11.6 Å². The van der Waals surface area contributed by atoms with E-state index in [0.717, 1.165) is 11.8 Å². The first-order valence-corrected chi connectivity index (χ1v) is 6.08. The Morgan fingerprint density at radius 1 is 1.45 bits per heavy atom. The molecule has 20 heavy (non-hydrogen) atoms. The summed E-state index contributed by atoms with van der Waals surface area (Å²) >= 11 is 0. The zero-order valence-electron chi connectivity index (χ0n) is 10.9. The highest BCUT2D eigenvalue weighted by Crippen LogP contribution is 2.13. The number of aromatic nitrogens is 2. The summed E-state index contributed by atoms with van der Waals surface area (Å²) < 4.78 is 1.28. The Labute approximate surface area is 115 Å². The molecular formula is C13H14N4O3. The fraction of sp³-hybridized carbons (Fsp3) is 0.231. The van der Waals surface area contributed by atoms with Gasteiger partial charge in [-0.15, -0.1) is 0 Å². The molecule has 0 saturated carbocycles. The normalized spacial score (nSPS) is 11.8. The molecule has 1 atom stereocenters. The van der Waals surface area contributed by atoms with Crippen molar-refractivity contribution in [3.05, 3.63) is 58.4 Å². The molecule has 7 nitrogen and oxygen atoms in total. The predicted molar refractivity (Wildman–Crippen MR) is 71.9 cm³/mol. The van der Waals surface area contributed by atoms with Gasteiger partial charge in [-0.05, 0) is 12.5 Å². The molecule has 0 saturated heterocycles. The summed E-state index contributed by atoms with van der Waals surface area (Å²) in [6.45, 7) is 2.05. The van der Waals surface area contributed by atoms with Crippen molar-refractivity contribution in [2.24, 2.45) is 0 Å². The van der Waals surface area contributed by atoms with Gasteiger partial charge in [0, 0.05) is 6.54 Å². The Morgan fingerprint density at radius 2 is 2.15 bits per heavy atom. The third-order valence-corrected chi connectivity index (χ3v) is 2.88. The van der Waals surface area contributed by atoms with Crippen molar-refractivity contribution >= 4 is 11.6 Å². The van der Waals surface area contributed by atoms with Gasteiger partial charge in [-0.3, -0.25) is 19.6 Å². The average Bonchev–Trinajstić information content (AvgIpc) is 2.95. The van der Waals surface area contributed by atoms with Crippen LogP contribution >= 0.6 is 0 Å². The maximum absolute atomic E-state index is 12.0. The van der Waals surface area contributed by atoms with E-state index in [0.29, 0.717) is 6.54 Å². The van der Waals surface area contributed by atoms with Crippen LogP contribution in [0.1, 0.15) is 18.5 Å². The fourth-order valence-corrected chi connectivity index (χ4v) is 1.69. The van der Waals surface area contributed by atoms with Gasteiger partial charge in [0.25, 0.3) is 0 Å². The molecule has 1 aromatic carbocycles. The van der Waals surface area contributed by atoms with Crippen LogP contribution in [0.25, 0.3) is 0 Å². The summed E-state index contributed by atoms with van der Waals surface area (Å²) in [7, 11) is 0. The first kappa shape index (κ1) is 13.7. The smallest absolute Gasteiger partial charge is 0.307 e. The molecule has 1 amide bonds. The van der Waals surface area contributed by atoms with Crippen LogP contribution < -0.4 is 5.32 Å². The molecule has 1 aromatic heterocycles. The molecule has 7 heteroatoms. The van der Waals surface area contributed by atoms with Gasteiger partial charge in [-0.2, -0.15) is 5.10 Å². The summed E-state index contributed by atoms with van der Waals surface area (Å²) in [6.07, 6.45) is 2.37. The summed E-state index contributed by atoms with van der Waals surface area (Å²) in [5, 5.41) is 17.2. The Hall–Kier alpha value is -2.70. The molecule has 0 bridgehead atoms. The minimum Gasteiger partial charge on any atom is -0.350 e. The van der Waals surface area contributed by atoms with Crippen LogP contribution in [0.15, 0.2) is 42.7 Å². The van der Waals surface area contributed by atoms with Crippen molar-refractivity contribution in [3.63, 3.8) is 0 Å².